The standard InChI is InChI=1S/C38H32N2O9/c1-37(2)13-11-18-26(48-37)15-24(43)29-32(18)40(5)33-21(35(29)46)9-10-23(42)36(33)47-17-38(3)14-12-19-27(49-38)16-25(44)28-31(19)39(4)30-20(34(28)45)7-6-8-22(30)41/h6-16,41-44H,17H2,1-5H3/t38-/m1/s1. The van der Waals surface area contributed by atoms with Crippen molar-refractivity contribution in [2.45, 2.75) is 32.0 Å². The lowest BCUT2D eigenvalue weighted by atomic mass is 9.97. The Bertz CT molecular complexity index is 2660. The third kappa shape index (κ3) is 4.28. The topological polar surface area (TPSA) is 153 Å². The number of para-hydroxylation sites is 1. The Labute approximate surface area is 278 Å². The Morgan fingerprint density at radius 3 is 1.90 bits per heavy atom. The summed E-state index contributed by atoms with van der Waals surface area (Å²) in [6.07, 6.45) is 7.24. The molecule has 0 bridgehead atoms. The van der Waals surface area contributed by atoms with Gasteiger partial charge >= 0.3 is 0 Å². The van der Waals surface area contributed by atoms with E-state index in [0.29, 0.717) is 38.9 Å². The fourth-order valence-electron chi connectivity index (χ4n) is 7.15. The Morgan fingerprint density at radius 2 is 1.24 bits per heavy atom. The maximum absolute atomic E-state index is 13.9. The number of aromatic hydroxyl groups is 4. The monoisotopic (exact) mass is 660 g/mol. The third-order valence-corrected chi connectivity index (χ3v) is 9.45. The SMILES string of the molecule is Cn1c2c(O)cccc2c(=O)c2c(O)cc3c(c21)C=C[C@](C)(COc1c(O)ccc2c(=O)c4c(O)cc5c(c4n(C)c12)C=CC(C)(C)O5)O3. The molecular formula is C38H32N2O9. The molecule has 2 aliphatic rings. The molecule has 4 aromatic carbocycles. The minimum Gasteiger partial charge on any atom is -0.507 e. The second-order valence-electron chi connectivity index (χ2n) is 13.4. The van der Waals surface area contributed by atoms with Crippen molar-refractivity contribution in [3.05, 3.63) is 86.2 Å². The van der Waals surface area contributed by atoms with Crippen molar-refractivity contribution in [2.75, 3.05) is 6.61 Å². The van der Waals surface area contributed by atoms with Crippen LogP contribution in [0.25, 0.3) is 55.8 Å². The molecule has 6 aromatic rings. The molecule has 2 aliphatic heterocycles. The Hall–Kier alpha value is -6.10. The summed E-state index contributed by atoms with van der Waals surface area (Å²) < 4.78 is 22.1. The Morgan fingerprint density at radius 1 is 0.673 bits per heavy atom. The van der Waals surface area contributed by atoms with Crippen molar-refractivity contribution in [3.63, 3.8) is 0 Å². The molecule has 0 fully saturated rings. The molecule has 0 aliphatic carbocycles. The van der Waals surface area contributed by atoms with E-state index in [1.54, 1.807) is 54.4 Å². The Kier molecular flexibility index (Phi) is 6.15. The second-order valence-corrected chi connectivity index (χ2v) is 13.4. The van der Waals surface area contributed by atoms with Gasteiger partial charge in [0.15, 0.2) is 17.1 Å². The number of phenolic OH excluding ortho intramolecular Hbond substituents is 4. The van der Waals surface area contributed by atoms with Crippen LogP contribution in [0.5, 0.6) is 40.2 Å². The number of ether oxygens (including phenoxy) is 3. The van der Waals surface area contributed by atoms with Gasteiger partial charge in [0.05, 0.1) is 43.6 Å². The zero-order valence-corrected chi connectivity index (χ0v) is 27.3. The van der Waals surface area contributed by atoms with Crippen LogP contribution >= 0.6 is 0 Å². The van der Waals surface area contributed by atoms with Crippen LogP contribution in [0, 0.1) is 0 Å². The van der Waals surface area contributed by atoms with E-state index in [1.165, 1.54) is 30.3 Å². The van der Waals surface area contributed by atoms with Crippen molar-refractivity contribution < 1.29 is 34.6 Å². The fraction of sp³-hybridized carbons (Fsp3) is 0.211. The van der Waals surface area contributed by atoms with E-state index in [4.69, 9.17) is 14.2 Å². The lowest BCUT2D eigenvalue weighted by Crippen LogP contribution is -2.38. The van der Waals surface area contributed by atoms with Gasteiger partial charge in [-0.05, 0) is 69.3 Å². The molecule has 0 amide bonds. The van der Waals surface area contributed by atoms with E-state index in [0.717, 1.165) is 0 Å². The van der Waals surface area contributed by atoms with E-state index in [1.807, 2.05) is 26.0 Å². The molecule has 4 heterocycles. The Balaban J connectivity index is 1.24. The zero-order valence-electron chi connectivity index (χ0n) is 27.3. The maximum atomic E-state index is 13.9. The first-order valence-corrected chi connectivity index (χ1v) is 15.6. The highest BCUT2D eigenvalue weighted by Gasteiger charge is 2.33. The summed E-state index contributed by atoms with van der Waals surface area (Å²) in [4.78, 5) is 27.3. The molecule has 11 nitrogen and oxygen atoms in total. The molecule has 1 atom stereocenters. The van der Waals surface area contributed by atoms with Crippen molar-refractivity contribution >= 4 is 55.8 Å². The molecule has 2 aromatic heterocycles. The number of fused-ring (bicyclic) bond motifs is 8. The third-order valence-electron chi connectivity index (χ3n) is 9.45. The molecule has 0 unspecified atom stereocenters. The number of pyridine rings is 2. The maximum Gasteiger partial charge on any atom is 0.201 e. The van der Waals surface area contributed by atoms with Crippen LogP contribution in [0.2, 0.25) is 0 Å². The summed E-state index contributed by atoms with van der Waals surface area (Å²) >= 11 is 0. The van der Waals surface area contributed by atoms with E-state index < -0.39 is 22.1 Å². The zero-order chi connectivity index (χ0) is 34.7. The first-order valence-electron chi connectivity index (χ1n) is 15.6. The minimum atomic E-state index is -1.13. The summed E-state index contributed by atoms with van der Waals surface area (Å²) in [5.41, 5.74) is -0.0572. The number of nitrogens with zero attached hydrogens (tertiary/aromatic N) is 2. The minimum absolute atomic E-state index is 0.0341. The summed E-state index contributed by atoms with van der Waals surface area (Å²) in [6, 6.07) is 10.4. The normalized spacial score (nSPS) is 17.7. The van der Waals surface area contributed by atoms with Gasteiger partial charge in [-0.25, -0.2) is 0 Å². The van der Waals surface area contributed by atoms with Crippen LogP contribution in [0.15, 0.2) is 64.2 Å². The molecule has 0 saturated carbocycles. The first kappa shape index (κ1) is 30.2. The molecule has 8 rings (SSSR count). The van der Waals surface area contributed by atoms with E-state index in [9.17, 15) is 30.0 Å². The van der Waals surface area contributed by atoms with Crippen LogP contribution in [-0.2, 0) is 14.1 Å². The first-order chi connectivity index (χ1) is 23.2. The van der Waals surface area contributed by atoms with Gasteiger partial charge in [-0.2, -0.15) is 0 Å². The van der Waals surface area contributed by atoms with Crippen molar-refractivity contribution in [1.82, 2.24) is 9.13 Å². The molecule has 248 valence electrons. The molecule has 0 saturated heterocycles. The molecule has 0 radical (unpaired) electrons. The quantitative estimate of drug-likeness (QED) is 0.169. The van der Waals surface area contributed by atoms with Gasteiger partial charge in [-0.3, -0.25) is 9.59 Å². The molecular weight excluding hydrogens is 628 g/mol. The number of rotatable bonds is 3. The fourth-order valence-corrected chi connectivity index (χ4v) is 7.15. The van der Waals surface area contributed by atoms with E-state index in [-0.39, 0.29) is 62.6 Å². The smallest absolute Gasteiger partial charge is 0.201 e. The number of benzene rings is 4. The number of aromatic nitrogens is 2. The highest BCUT2D eigenvalue weighted by Crippen LogP contribution is 2.44. The van der Waals surface area contributed by atoms with Gasteiger partial charge in [0.1, 0.15) is 41.0 Å². The molecule has 4 N–H and O–H groups in total. The van der Waals surface area contributed by atoms with Crippen molar-refractivity contribution in [2.24, 2.45) is 14.1 Å². The highest BCUT2D eigenvalue weighted by molar-refractivity contribution is 6.05. The van der Waals surface area contributed by atoms with Crippen LogP contribution < -0.4 is 25.1 Å². The summed E-state index contributed by atoms with van der Waals surface area (Å²) in [5, 5.41) is 44.4. The van der Waals surface area contributed by atoms with Gasteiger partial charge in [-0.1, -0.05) is 6.07 Å². The van der Waals surface area contributed by atoms with Gasteiger partial charge in [-0.15, -0.1) is 0 Å². The van der Waals surface area contributed by atoms with Gasteiger partial charge < -0.3 is 43.8 Å². The summed E-state index contributed by atoms with van der Waals surface area (Å²) in [5.74, 6) is -0.0559. The lowest BCUT2D eigenvalue weighted by Gasteiger charge is -2.32. The average molecular weight is 661 g/mol. The number of hydrogen-bond acceptors (Lipinski definition) is 9. The van der Waals surface area contributed by atoms with Gasteiger partial charge in [0.25, 0.3) is 0 Å². The number of phenols is 4. The highest BCUT2D eigenvalue weighted by atomic mass is 16.5. The van der Waals surface area contributed by atoms with Crippen molar-refractivity contribution in [1.29, 1.82) is 0 Å². The van der Waals surface area contributed by atoms with Crippen LogP contribution in [0.3, 0.4) is 0 Å². The second kappa shape index (κ2) is 9.96. The number of aryl methyl sites for hydroxylation is 2. The van der Waals surface area contributed by atoms with Crippen molar-refractivity contribution in [3.8, 4) is 40.2 Å². The average Bonchev–Trinajstić information content (AvgIpc) is 3.03. The predicted octanol–water partition coefficient (Wildman–Crippen LogP) is 5.95. The van der Waals surface area contributed by atoms with Gasteiger partial charge in [0, 0.05) is 37.4 Å². The largest absolute Gasteiger partial charge is 0.507 e. The van der Waals surface area contributed by atoms with E-state index >= 15 is 0 Å². The summed E-state index contributed by atoms with van der Waals surface area (Å²) in [6.45, 7) is 5.40. The molecule has 0 spiro atoms. The van der Waals surface area contributed by atoms with E-state index in [2.05, 4.69) is 0 Å². The van der Waals surface area contributed by atoms with Crippen LogP contribution in [0.1, 0.15) is 31.9 Å². The van der Waals surface area contributed by atoms with Crippen LogP contribution in [-0.4, -0.2) is 47.4 Å². The molecule has 11 heteroatoms. The van der Waals surface area contributed by atoms with Gasteiger partial charge in [0.2, 0.25) is 10.9 Å². The molecule has 49 heavy (non-hydrogen) atoms. The van der Waals surface area contributed by atoms with Crippen LogP contribution in [0.4, 0.5) is 0 Å². The lowest BCUT2D eigenvalue weighted by molar-refractivity contribution is 0.0748. The number of hydrogen-bond donors (Lipinski definition) is 4. The summed E-state index contributed by atoms with van der Waals surface area (Å²) in [7, 11) is 3.42. The predicted molar refractivity (Wildman–Crippen MR) is 187 cm³/mol.